The molecular formula is C20H22N6. The summed E-state index contributed by atoms with van der Waals surface area (Å²) in [5, 5.41) is 2.16. The van der Waals surface area contributed by atoms with Crippen LogP contribution in [0.2, 0.25) is 0 Å². The molecular weight excluding hydrogens is 324 g/mol. The van der Waals surface area contributed by atoms with Crippen molar-refractivity contribution in [2.75, 3.05) is 39.3 Å². The van der Waals surface area contributed by atoms with E-state index in [4.69, 9.17) is 15.7 Å². The number of aliphatic imine (C=N–C) groups is 2. The molecule has 1 aliphatic heterocycles. The van der Waals surface area contributed by atoms with Crippen LogP contribution in [0.3, 0.4) is 0 Å². The molecule has 26 heavy (non-hydrogen) atoms. The lowest BCUT2D eigenvalue weighted by atomic mass is 10.1. The van der Waals surface area contributed by atoms with Crippen molar-refractivity contribution in [1.82, 2.24) is 14.9 Å². The second-order valence-electron chi connectivity index (χ2n) is 6.38. The van der Waals surface area contributed by atoms with Gasteiger partial charge in [-0.1, -0.05) is 24.3 Å². The molecule has 0 saturated heterocycles. The molecule has 1 aromatic carbocycles. The zero-order valence-corrected chi connectivity index (χ0v) is 14.7. The summed E-state index contributed by atoms with van der Waals surface area (Å²) in [6, 6.07) is 12.3. The van der Waals surface area contributed by atoms with Gasteiger partial charge in [-0.3, -0.25) is 14.9 Å². The Bertz CT molecular complexity index is 902. The monoisotopic (exact) mass is 346 g/mol. The van der Waals surface area contributed by atoms with E-state index < -0.39 is 0 Å². The Morgan fingerprint density at radius 2 is 1.27 bits per heavy atom. The smallest absolute Gasteiger partial charge is 0.0972 e. The van der Waals surface area contributed by atoms with Crippen LogP contribution in [0.1, 0.15) is 11.4 Å². The van der Waals surface area contributed by atoms with Crippen LogP contribution in [0.5, 0.6) is 0 Å². The molecule has 0 spiro atoms. The Morgan fingerprint density at radius 3 is 1.77 bits per heavy atom. The van der Waals surface area contributed by atoms with Gasteiger partial charge in [-0.2, -0.15) is 0 Å². The van der Waals surface area contributed by atoms with Crippen LogP contribution in [-0.4, -0.2) is 66.6 Å². The van der Waals surface area contributed by atoms with E-state index >= 15 is 0 Å². The number of hydrogen-bond donors (Lipinski definition) is 1. The minimum atomic E-state index is 0.638. The van der Waals surface area contributed by atoms with Gasteiger partial charge in [0.1, 0.15) is 0 Å². The van der Waals surface area contributed by atoms with Crippen LogP contribution >= 0.6 is 0 Å². The number of nitrogens with two attached hydrogens (primary N) is 1. The number of pyridine rings is 2. The van der Waals surface area contributed by atoms with E-state index in [-0.39, 0.29) is 0 Å². The number of fused-ring (bicyclic) bond motifs is 2. The lowest BCUT2D eigenvalue weighted by molar-refractivity contribution is 0.298. The predicted molar refractivity (Wildman–Crippen MR) is 107 cm³/mol. The highest BCUT2D eigenvalue weighted by molar-refractivity contribution is 6.04. The van der Waals surface area contributed by atoms with Crippen molar-refractivity contribution in [3.63, 3.8) is 0 Å². The van der Waals surface area contributed by atoms with Gasteiger partial charge in [-0.05, 0) is 12.1 Å². The Hall–Kier alpha value is -2.70. The van der Waals surface area contributed by atoms with E-state index in [2.05, 4.69) is 39.2 Å². The third-order valence-corrected chi connectivity index (χ3v) is 4.55. The maximum atomic E-state index is 5.72. The van der Waals surface area contributed by atoms with Gasteiger partial charge in [0.25, 0.3) is 0 Å². The summed E-state index contributed by atoms with van der Waals surface area (Å²) >= 11 is 0. The summed E-state index contributed by atoms with van der Waals surface area (Å²) in [6.45, 7) is 4.67. The molecule has 3 heterocycles. The van der Waals surface area contributed by atoms with Crippen molar-refractivity contribution in [2.24, 2.45) is 15.7 Å². The number of hydrogen-bond acceptors (Lipinski definition) is 6. The summed E-state index contributed by atoms with van der Waals surface area (Å²) in [5.41, 5.74) is 9.23. The van der Waals surface area contributed by atoms with Crippen molar-refractivity contribution >= 4 is 34.2 Å². The van der Waals surface area contributed by atoms with Gasteiger partial charge in [0.15, 0.2) is 0 Å². The van der Waals surface area contributed by atoms with Crippen molar-refractivity contribution < 1.29 is 0 Å². The van der Waals surface area contributed by atoms with Crippen LogP contribution in [0, 0.1) is 0 Å². The van der Waals surface area contributed by atoms with Gasteiger partial charge in [0.2, 0.25) is 0 Å². The molecule has 3 aromatic rings. The molecule has 2 N–H and O–H groups in total. The fourth-order valence-electron chi connectivity index (χ4n) is 3.17. The van der Waals surface area contributed by atoms with Crippen molar-refractivity contribution in [3.8, 4) is 0 Å². The van der Waals surface area contributed by atoms with Crippen LogP contribution in [0.25, 0.3) is 21.8 Å². The molecule has 0 amide bonds. The van der Waals surface area contributed by atoms with E-state index in [1.54, 1.807) is 0 Å². The molecule has 0 fully saturated rings. The molecule has 4 bridgehead atoms. The van der Waals surface area contributed by atoms with E-state index in [0.29, 0.717) is 6.54 Å². The summed E-state index contributed by atoms with van der Waals surface area (Å²) in [5.74, 6) is 0. The summed E-state index contributed by atoms with van der Waals surface area (Å²) < 4.78 is 0. The first kappa shape index (κ1) is 16.8. The lowest BCUT2D eigenvalue weighted by Gasteiger charge is -2.19. The molecule has 0 atom stereocenters. The average molecular weight is 346 g/mol. The van der Waals surface area contributed by atoms with Gasteiger partial charge in [-0.15, -0.1) is 0 Å². The van der Waals surface area contributed by atoms with Crippen LogP contribution in [0.4, 0.5) is 0 Å². The number of rotatable bonds is 2. The zero-order chi connectivity index (χ0) is 17.8. The summed E-state index contributed by atoms with van der Waals surface area (Å²) in [7, 11) is 0. The van der Waals surface area contributed by atoms with Gasteiger partial charge < -0.3 is 5.73 Å². The second kappa shape index (κ2) is 7.68. The van der Waals surface area contributed by atoms with Gasteiger partial charge in [-0.25, -0.2) is 9.97 Å². The van der Waals surface area contributed by atoms with Crippen molar-refractivity contribution in [2.45, 2.75) is 0 Å². The molecule has 6 heteroatoms. The first-order chi connectivity index (χ1) is 12.8. The molecule has 0 unspecified atom stereocenters. The van der Waals surface area contributed by atoms with Crippen LogP contribution in [0.15, 0.2) is 46.4 Å². The molecule has 6 nitrogen and oxygen atoms in total. The molecule has 1 aliphatic rings. The van der Waals surface area contributed by atoms with Crippen LogP contribution in [-0.2, 0) is 0 Å². The van der Waals surface area contributed by atoms with E-state index in [0.717, 1.165) is 65.9 Å². The molecule has 0 saturated carbocycles. The Morgan fingerprint density at radius 1 is 0.769 bits per heavy atom. The fourth-order valence-corrected chi connectivity index (χ4v) is 3.17. The van der Waals surface area contributed by atoms with Crippen molar-refractivity contribution in [1.29, 1.82) is 0 Å². The second-order valence-corrected chi connectivity index (χ2v) is 6.38. The Kier molecular flexibility index (Phi) is 4.95. The first-order valence-corrected chi connectivity index (χ1v) is 8.96. The highest BCUT2D eigenvalue weighted by atomic mass is 15.1. The minimum Gasteiger partial charge on any atom is -0.329 e. The third-order valence-electron chi connectivity index (χ3n) is 4.55. The minimum absolute atomic E-state index is 0.638. The normalized spacial score (nSPS) is 15.9. The SMILES string of the molecule is NCCN1CCN=Cc2ccc3ccc4ccc(nc4c3n2)C=NCC1. The fraction of sp³-hybridized carbons (Fsp3) is 0.300. The van der Waals surface area contributed by atoms with Gasteiger partial charge in [0.05, 0.1) is 35.5 Å². The number of nitrogens with zero attached hydrogens (tertiary/aromatic N) is 5. The maximum absolute atomic E-state index is 5.72. The predicted octanol–water partition coefficient (Wildman–Crippen LogP) is 1.90. The average Bonchev–Trinajstić information content (AvgIpc) is 2.68. The lowest BCUT2D eigenvalue weighted by Crippen LogP contribution is -2.33. The highest BCUT2D eigenvalue weighted by Crippen LogP contribution is 2.22. The molecule has 0 aliphatic carbocycles. The highest BCUT2D eigenvalue weighted by Gasteiger charge is 2.06. The largest absolute Gasteiger partial charge is 0.329 e. The number of aromatic nitrogens is 2. The Labute approximate surface area is 152 Å². The summed E-state index contributed by atoms with van der Waals surface area (Å²) in [4.78, 5) is 20.9. The van der Waals surface area contributed by atoms with Crippen molar-refractivity contribution in [3.05, 3.63) is 47.8 Å². The molecule has 132 valence electrons. The van der Waals surface area contributed by atoms with E-state index in [9.17, 15) is 0 Å². The molecule has 2 aromatic heterocycles. The van der Waals surface area contributed by atoms with Crippen LogP contribution < -0.4 is 5.73 Å². The first-order valence-electron chi connectivity index (χ1n) is 8.96. The van der Waals surface area contributed by atoms with E-state index in [1.165, 1.54) is 0 Å². The number of benzene rings is 1. The van der Waals surface area contributed by atoms with Gasteiger partial charge >= 0.3 is 0 Å². The summed E-state index contributed by atoms with van der Waals surface area (Å²) in [6.07, 6.45) is 3.69. The topological polar surface area (TPSA) is 79.8 Å². The third kappa shape index (κ3) is 3.61. The van der Waals surface area contributed by atoms with Gasteiger partial charge in [0, 0.05) is 49.4 Å². The standard InChI is InChI=1S/C20H22N6/c21-7-10-26-11-8-22-13-17-5-3-15-1-2-16-4-6-18(14-23-9-12-26)25-20(16)19(15)24-17/h1-6,13-14H,7-12,21H2. The quantitative estimate of drug-likeness (QED) is 0.719. The van der Waals surface area contributed by atoms with E-state index in [1.807, 2.05) is 24.6 Å². The molecule has 0 radical (unpaired) electrons. The maximum Gasteiger partial charge on any atom is 0.0972 e. The Balaban J connectivity index is 1.79. The zero-order valence-electron chi connectivity index (χ0n) is 14.7. The molecule has 4 rings (SSSR count).